The minimum atomic E-state index is -0.190. The van der Waals surface area contributed by atoms with Crippen molar-refractivity contribution in [2.24, 2.45) is 5.92 Å². The second-order valence-electron chi connectivity index (χ2n) is 8.63. The van der Waals surface area contributed by atoms with Crippen LogP contribution in [0.2, 0.25) is 0 Å². The van der Waals surface area contributed by atoms with Crippen LogP contribution in [0.15, 0.2) is 24.4 Å². The highest BCUT2D eigenvalue weighted by Crippen LogP contribution is 2.33. The molecule has 2 N–H and O–H groups in total. The van der Waals surface area contributed by atoms with Gasteiger partial charge < -0.3 is 20.1 Å². The number of carbonyl (C=O) groups is 2. The van der Waals surface area contributed by atoms with Gasteiger partial charge in [-0.05, 0) is 49.3 Å². The molecule has 31 heavy (non-hydrogen) atoms. The van der Waals surface area contributed by atoms with Crippen LogP contribution < -0.4 is 20.1 Å². The normalized spacial score (nSPS) is 20.0. The largest absolute Gasteiger partial charge is 0.454 e. The van der Waals surface area contributed by atoms with E-state index in [1.807, 2.05) is 32.0 Å². The summed E-state index contributed by atoms with van der Waals surface area (Å²) in [7, 11) is 0. The molecule has 2 amide bonds. The van der Waals surface area contributed by atoms with Crippen molar-refractivity contribution >= 4 is 11.8 Å². The third-order valence-electron chi connectivity index (χ3n) is 5.65. The van der Waals surface area contributed by atoms with Gasteiger partial charge in [0.25, 0.3) is 5.91 Å². The first-order valence-corrected chi connectivity index (χ1v) is 10.9. The highest BCUT2D eigenvalue weighted by molar-refractivity contribution is 5.91. The molecule has 1 fully saturated rings. The SMILES string of the molecule is CC(C)CNC(=O)c1cn(C2CCC(NC(=O)Cc3ccc4c(c3)OCO4)CC2)nn1. The first-order chi connectivity index (χ1) is 15.0. The molecule has 1 aromatic carbocycles. The lowest BCUT2D eigenvalue weighted by Gasteiger charge is -2.29. The highest BCUT2D eigenvalue weighted by atomic mass is 16.7. The van der Waals surface area contributed by atoms with Gasteiger partial charge in [0.2, 0.25) is 12.7 Å². The molecule has 2 aliphatic rings. The number of nitrogens with one attached hydrogen (secondary N) is 2. The molecule has 2 aromatic rings. The molecule has 9 heteroatoms. The molecule has 166 valence electrons. The quantitative estimate of drug-likeness (QED) is 0.702. The summed E-state index contributed by atoms with van der Waals surface area (Å²) in [4.78, 5) is 24.6. The molecule has 0 spiro atoms. The second-order valence-corrected chi connectivity index (χ2v) is 8.63. The number of rotatable bonds is 7. The maximum atomic E-state index is 12.5. The molecule has 1 aliphatic heterocycles. The standard InChI is InChI=1S/C22H29N5O4/c1-14(2)11-23-22(29)18-12-27(26-25-18)17-6-4-16(5-7-17)24-21(28)10-15-3-8-19-20(9-15)31-13-30-19/h3,8-9,12,14,16-17H,4-7,10-11,13H2,1-2H3,(H,23,29)(H,24,28). The van der Waals surface area contributed by atoms with E-state index in [1.165, 1.54) is 0 Å². The highest BCUT2D eigenvalue weighted by Gasteiger charge is 2.25. The molecular formula is C22H29N5O4. The van der Waals surface area contributed by atoms with Crippen molar-refractivity contribution in [3.63, 3.8) is 0 Å². The smallest absolute Gasteiger partial charge is 0.273 e. The third-order valence-corrected chi connectivity index (χ3v) is 5.65. The number of fused-ring (bicyclic) bond motifs is 1. The number of amides is 2. The van der Waals surface area contributed by atoms with Crippen LogP contribution in [0.5, 0.6) is 11.5 Å². The van der Waals surface area contributed by atoms with Crippen molar-refractivity contribution in [3.05, 3.63) is 35.7 Å². The van der Waals surface area contributed by atoms with E-state index in [4.69, 9.17) is 9.47 Å². The number of nitrogens with zero attached hydrogens (tertiary/aromatic N) is 3. The number of benzene rings is 1. The third kappa shape index (κ3) is 5.34. The minimum Gasteiger partial charge on any atom is -0.454 e. The molecule has 2 heterocycles. The van der Waals surface area contributed by atoms with E-state index in [9.17, 15) is 9.59 Å². The lowest BCUT2D eigenvalue weighted by molar-refractivity contribution is -0.121. The fourth-order valence-electron chi connectivity index (χ4n) is 3.95. The maximum Gasteiger partial charge on any atom is 0.273 e. The zero-order chi connectivity index (χ0) is 21.8. The average molecular weight is 428 g/mol. The summed E-state index contributed by atoms with van der Waals surface area (Å²) in [5.74, 6) is 1.61. The van der Waals surface area contributed by atoms with E-state index in [0.29, 0.717) is 30.3 Å². The van der Waals surface area contributed by atoms with Crippen molar-refractivity contribution in [3.8, 4) is 11.5 Å². The Morgan fingerprint density at radius 1 is 1.16 bits per heavy atom. The van der Waals surface area contributed by atoms with E-state index >= 15 is 0 Å². The van der Waals surface area contributed by atoms with Gasteiger partial charge in [-0.1, -0.05) is 25.1 Å². The van der Waals surface area contributed by atoms with Crippen LogP contribution in [0.1, 0.15) is 61.6 Å². The van der Waals surface area contributed by atoms with E-state index in [1.54, 1.807) is 10.9 Å². The summed E-state index contributed by atoms with van der Waals surface area (Å²) in [5, 5.41) is 14.2. The number of aromatic nitrogens is 3. The summed E-state index contributed by atoms with van der Waals surface area (Å²) in [5.41, 5.74) is 1.25. The summed E-state index contributed by atoms with van der Waals surface area (Å²) in [6, 6.07) is 5.93. The van der Waals surface area contributed by atoms with Gasteiger partial charge in [0, 0.05) is 12.6 Å². The van der Waals surface area contributed by atoms with Crippen molar-refractivity contribution in [2.45, 2.75) is 58.0 Å². The Bertz CT molecular complexity index is 934. The van der Waals surface area contributed by atoms with Gasteiger partial charge in [-0.3, -0.25) is 9.59 Å². The predicted octanol–water partition coefficient (Wildman–Crippen LogP) is 2.24. The Labute approximate surface area is 181 Å². The molecule has 0 bridgehead atoms. The number of carbonyl (C=O) groups excluding carboxylic acids is 2. The van der Waals surface area contributed by atoms with Crippen LogP contribution in [-0.4, -0.2) is 46.2 Å². The van der Waals surface area contributed by atoms with Gasteiger partial charge in [-0.2, -0.15) is 0 Å². The molecule has 1 saturated carbocycles. The Hall–Kier alpha value is -3.10. The van der Waals surface area contributed by atoms with Gasteiger partial charge >= 0.3 is 0 Å². The molecular weight excluding hydrogens is 398 g/mol. The fourth-order valence-corrected chi connectivity index (χ4v) is 3.95. The number of ether oxygens (including phenoxy) is 2. The molecule has 4 rings (SSSR count). The lowest BCUT2D eigenvalue weighted by Crippen LogP contribution is -2.38. The number of hydrogen-bond donors (Lipinski definition) is 2. The van der Waals surface area contributed by atoms with Gasteiger partial charge in [-0.25, -0.2) is 4.68 Å². The van der Waals surface area contributed by atoms with Gasteiger partial charge in [-0.15, -0.1) is 5.10 Å². The topological polar surface area (TPSA) is 107 Å². The van der Waals surface area contributed by atoms with E-state index in [-0.39, 0.29) is 30.7 Å². The van der Waals surface area contributed by atoms with Crippen LogP contribution in [0.25, 0.3) is 0 Å². The van der Waals surface area contributed by atoms with Gasteiger partial charge in [0.05, 0.1) is 18.7 Å². The maximum absolute atomic E-state index is 12.5. The van der Waals surface area contributed by atoms with E-state index < -0.39 is 0 Å². The van der Waals surface area contributed by atoms with E-state index in [2.05, 4.69) is 20.9 Å². The Kier molecular flexibility index (Phi) is 6.39. The van der Waals surface area contributed by atoms with Crippen LogP contribution in [0.4, 0.5) is 0 Å². The van der Waals surface area contributed by atoms with Crippen molar-refractivity contribution in [2.75, 3.05) is 13.3 Å². The second kappa shape index (κ2) is 9.36. The molecule has 0 unspecified atom stereocenters. The molecule has 1 aliphatic carbocycles. The van der Waals surface area contributed by atoms with Crippen LogP contribution in [0, 0.1) is 5.92 Å². The fraction of sp³-hybridized carbons (Fsp3) is 0.545. The van der Waals surface area contributed by atoms with Crippen molar-refractivity contribution in [1.82, 2.24) is 25.6 Å². The zero-order valence-corrected chi connectivity index (χ0v) is 18.0. The summed E-state index contributed by atoms with van der Waals surface area (Å²) >= 11 is 0. The molecule has 0 saturated heterocycles. The summed E-state index contributed by atoms with van der Waals surface area (Å²) in [6.07, 6.45) is 5.53. The first-order valence-electron chi connectivity index (χ1n) is 10.9. The average Bonchev–Trinajstić information content (AvgIpc) is 3.42. The van der Waals surface area contributed by atoms with Crippen LogP contribution in [-0.2, 0) is 11.2 Å². The van der Waals surface area contributed by atoms with Crippen molar-refractivity contribution < 1.29 is 19.1 Å². The minimum absolute atomic E-state index is 0.00665. The van der Waals surface area contributed by atoms with Gasteiger partial charge in [0.15, 0.2) is 17.2 Å². The predicted molar refractivity (Wildman–Crippen MR) is 113 cm³/mol. The summed E-state index contributed by atoms with van der Waals surface area (Å²) < 4.78 is 12.5. The van der Waals surface area contributed by atoms with Crippen LogP contribution in [0.3, 0.4) is 0 Å². The molecule has 9 nitrogen and oxygen atoms in total. The Morgan fingerprint density at radius 3 is 2.71 bits per heavy atom. The number of hydrogen-bond acceptors (Lipinski definition) is 6. The molecule has 0 radical (unpaired) electrons. The Balaban J connectivity index is 1.23. The summed E-state index contributed by atoms with van der Waals surface area (Å²) in [6.45, 7) is 4.93. The Morgan fingerprint density at radius 2 is 1.94 bits per heavy atom. The first kappa shape index (κ1) is 21.1. The molecule has 1 aromatic heterocycles. The monoisotopic (exact) mass is 427 g/mol. The van der Waals surface area contributed by atoms with Gasteiger partial charge in [0.1, 0.15) is 0 Å². The zero-order valence-electron chi connectivity index (χ0n) is 18.0. The van der Waals surface area contributed by atoms with Crippen LogP contribution >= 0.6 is 0 Å². The van der Waals surface area contributed by atoms with E-state index in [0.717, 1.165) is 37.0 Å². The lowest BCUT2D eigenvalue weighted by atomic mass is 9.91. The molecule has 0 atom stereocenters. The van der Waals surface area contributed by atoms with Crippen molar-refractivity contribution in [1.29, 1.82) is 0 Å².